The Morgan fingerprint density at radius 1 is 1.13 bits per heavy atom. The summed E-state index contributed by atoms with van der Waals surface area (Å²) in [5.74, 6) is 1.13. The lowest BCUT2D eigenvalue weighted by molar-refractivity contribution is 0.780. The van der Waals surface area contributed by atoms with Crippen LogP contribution >= 0.6 is 22.9 Å². The number of anilines is 1. The molecule has 0 unspecified atom stereocenters. The lowest BCUT2D eigenvalue weighted by atomic mass is 10.1. The second-order valence-corrected chi connectivity index (χ2v) is 7.58. The van der Waals surface area contributed by atoms with Gasteiger partial charge in [-0.15, -0.1) is 11.3 Å². The first-order chi connectivity index (χ1) is 11.2. The monoisotopic (exact) mass is 343 g/mol. The molecule has 0 amide bonds. The van der Waals surface area contributed by atoms with E-state index in [2.05, 4.69) is 24.4 Å². The van der Waals surface area contributed by atoms with Crippen molar-refractivity contribution in [2.45, 2.75) is 26.2 Å². The van der Waals surface area contributed by atoms with Crippen LogP contribution in [0.3, 0.4) is 0 Å². The molecular formula is C18H18ClN3S. The Labute approximate surface area is 144 Å². The van der Waals surface area contributed by atoms with Crippen molar-refractivity contribution in [3.05, 3.63) is 51.9 Å². The van der Waals surface area contributed by atoms with E-state index in [1.807, 2.05) is 28.9 Å². The van der Waals surface area contributed by atoms with Crippen LogP contribution in [0.25, 0.3) is 16.3 Å². The largest absolute Gasteiger partial charge is 0.370 e. The first-order valence-electron chi connectivity index (χ1n) is 7.91. The Hall–Kier alpha value is -1.78. The van der Waals surface area contributed by atoms with Crippen LogP contribution in [0.5, 0.6) is 0 Å². The highest BCUT2D eigenvalue weighted by atomic mass is 35.5. The van der Waals surface area contributed by atoms with Crippen LogP contribution in [0.1, 0.15) is 23.3 Å². The number of aromatic nitrogens is 2. The molecule has 0 saturated heterocycles. The predicted molar refractivity (Wildman–Crippen MR) is 98.1 cm³/mol. The molecule has 1 N–H and O–H groups in total. The minimum Gasteiger partial charge on any atom is -0.370 e. The Morgan fingerprint density at radius 2 is 1.96 bits per heavy atom. The molecular weight excluding hydrogens is 326 g/mol. The smallest absolute Gasteiger partial charge is 0.133 e. The molecule has 5 heteroatoms. The van der Waals surface area contributed by atoms with Gasteiger partial charge in [0.25, 0.3) is 0 Å². The van der Waals surface area contributed by atoms with Crippen molar-refractivity contribution >= 4 is 28.8 Å². The highest BCUT2D eigenvalue weighted by Gasteiger charge is 2.22. The summed E-state index contributed by atoms with van der Waals surface area (Å²) in [4.78, 5) is 2.56. The van der Waals surface area contributed by atoms with Gasteiger partial charge in [-0.2, -0.15) is 5.10 Å². The normalized spacial score (nSPS) is 14.2. The SMILES string of the molecule is Cc1ccc(-c2nn(-c3ccc(Cl)cc3)c3c2CCCCN3)s1. The van der Waals surface area contributed by atoms with E-state index in [1.54, 1.807) is 11.3 Å². The summed E-state index contributed by atoms with van der Waals surface area (Å²) >= 11 is 7.84. The van der Waals surface area contributed by atoms with Crippen LogP contribution in [0.4, 0.5) is 5.82 Å². The van der Waals surface area contributed by atoms with Gasteiger partial charge in [-0.05, 0) is 62.6 Å². The van der Waals surface area contributed by atoms with Gasteiger partial charge < -0.3 is 5.32 Å². The van der Waals surface area contributed by atoms with Crippen molar-refractivity contribution in [2.75, 3.05) is 11.9 Å². The standard InChI is InChI=1S/C18H18ClN3S/c1-12-5-10-16(23-12)17-15-4-2-3-11-20-18(15)22(21-17)14-8-6-13(19)7-9-14/h5-10,20H,2-4,11H2,1H3. The number of aryl methyl sites for hydroxylation is 1. The molecule has 0 saturated carbocycles. The second-order valence-electron chi connectivity index (χ2n) is 5.86. The Morgan fingerprint density at radius 3 is 2.70 bits per heavy atom. The zero-order chi connectivity index (χ0) is 15.8. The zero-order valence-electron chi connectivity index (χ0n) is 13.0. The number of hydrogen-bond donors (Lipinski definition) is 1. The van der Waals surface area contributed by atoms with Crippen LogP contribution in [0, 0.1) is 6.92 Å². The highest BCUT2D eigenvalue weighted by Crippen LogP contribution is 2.36. The average molecular weight is 344 g/mol. The number of fused-ring (bicyclic) bond motifs is 1. The van der Waals surface area contributed by atoms with Crippen LogP contribution < -0.4 is 5.32 Å². The fourth-order valence-electron chi connectivity index (χ4n) is 3.03. The molecule has 2 aromatic heterocycles. The summed E-state index contributed by atoms with van der Waals surface area (Å²) < 4.78 is 2.03. The number of benzene rings is 1. The molecule has 118 valence electrons. The number of hydrogen-bond acceptors (Lipinski definition) is 3. The number of thiophene rings is 1. The number of halogens is 1. The van der Waals surface area contributed by atoms with Crippen molar-refractivity contribution in [3.8, 4) is 16.3 Å². The van der Waals surface area contributed by atoms with Crippen molar-refractivity contribution < 1.29 is 0 Å². The Kier molecular flexibility index (Phi) is 3.87. The summed E-state index contributed by atoms with van der Waals surface area (Å²) in [7, 11) is 0. The summed E-state index contributed by atoms with van der Waals surface area (Å²) in [6.45, 7) is 3.14. The van der Waals surface area contributed by atoms with E-state index in [-0.39, 0.29) is 0 Å². The maximum atomic E-state index is 6.03. The highest BCUT2D eigenvalue weighted by molar-refractivity contribution is 7.15. The minimum atomic E-state index is 0.745. The molecule has 4 rings (SSSR count). The van der Waals surface area contributed by atoms with Crippen LogP contribution in [0.15, 0.2) is 36.4 Å². The van der Waals surface area contributed by atoms with E-state index in [0.717, 1.165) is 35.2 Å². The summed E-state index contributed by atoms with van der Waals surface area (Å²) in [5, 5.41) is 9.26. The topological polar surface area (TPSA) is 29.9 Å². The number of nitrogens with one attached hydrogen (secondary N) is 1. The quantitative estimate of drug-likeness (QED) is 0.683. The maximum absolute atomic E-state index is 6.03. The Bertz CT molecular complexity index is 833. The minimum absolute atomic E-state index is 0.745. The molecule has 1 aromatic carbocycles. The molecule has 3 nitrogen and oxygen atoms in total. The summed E-state index contributed by atoms with van der Waals surface area (Å²) in [6.07, 6.45) is 3.46. The van der Waals surface area contributed by atoms with E-state index < -0.39 is 0 Å². The number of rotatable bonds is 2. The van der Waals surface area contributed by atoms with E-state index >= 15 is 0 Å². The van der Waals surface area contributed by atoms with Gasteiger partial charge >= 0.3 is 0 Å². The van der Waals surface area contributed by atoms with Gasteiger partial charge in [-0.3, -0.25) is 0 Å². The fourth-order valence-corrected chi connectivity index (χ4v) is 4.04. The first-order valence-corrected chi connectivity index (χ1v) is 9.10. The molecule has 0 atom stereocenters. The first kappa shape index (κ1) is 14.8. The van der Waals surface area contributed by atoms with Gasteiger partial charge in [0.1, 0.15) is 11.5 Å². The molecule has 23 heavy (non-hydrogen) atoms. The molecule has 3 heterocycles. The zero-order valence-corrected chi connectivity index (χ0v) is 14.5. The third kappa shape index (κ3) is 2.77. The average Bonchev–Trinajstić information content (AvgIpc) is 3.04. The van der Waals surface area contributed by atoms with Gasteiger partial charge in [-0.1, -0.05) is 11.6 Å². The van der Waals surface area contributed by atoms with Gasteiger partial charge in [0.2, 0.25) is 0 Å². The molecule has 1 aliphatic heterocycles. The van der Waals surface area contributed by atoms with Crippen molar-refractivity contribution in [2.24, 2.45) is 0 Å². The van der Waals surface area contributed by atoms with E-state index in [0.29, 0.717) is 0 Å². The van der Waals surface area contributed by atoms with Crippen molar-refractivity contribution in [1.29, 1.82) is 0 Å². The van der Waals surface area contributed by atoms with Gasteiger partial charge in [-0.25, -0.2) is 4.68 Å². The van der Waals surface area contributed by atoms with Crippen molar-refractivity contribution in [1.82, 2.24) is 9.78 Å². The van der Waals surface area contributed by atoms with E-state index in [1.165, 1.54) is 28.2 Å². The predicted octanol–water partition coefficient (Wildman–Crippen LogP) is 5.31. The van der Waals surface area contributed by atoms with Crippen LogP contribution in [-0.4, -0.2) is 16.3 Å². The molecule has 1 aliphatic rings. The van der Waals surface area contributed by atoms with Crippen LogP contribution in [0.2, 0.25) is 5.02 Å². The molecule has 0 radical (unpaired) electrons. The van der Waals surface area contributed by atoms with E-state index in [4.69, 9.17) is 16.7 Å². The second kappa shape index (κ2) is 6.02. The fraction of sp³-hybridized carbons (Fsp3) is 0.278. The molecule has 0 bridgehead atoms. The van der Waals surface area contributed by atoms with Gasteiger partial charge in [0.05, 0.1) is 10.6 Å². The summed E-state index contributed by atoms with van der Waals surface area (Å²) in [6, 6.07) is 12.2. The van der Waals surface area contributed by atoms with Gasteiger partial charge in [0.15, 0.2) is 0 Å². The third-order valence-corrected chi connectivity index (χ3v) is 5.43. The molecule has 0 aliphatic carbocycles. The molecule has 0 fully saturated rings. The lowest BCUT2D eigenvalue weighted by Crippen LogP contribution is -2.06. The maximum Gasteiger partial charge on any atom is 0.133 e. The summed E-state index contributed by atoms with van der Waals surface area (Å²) in [5.41, 5.74) is 3.49. The Balaban J connectivity index is 1.89. The van der Waals surface area contributed by atoms with Crippen LogP contribution in [-0.2, 0) is 6.42 Å². The number of nitrogens with zero attached hydrogens (tertiary/aromatic N) is 2. The van der Waals surface area contributed by atoms with Gasteiger partial charge in [0, 0.05) is 22.0 Å². The van der Waals surface area contributed by atoms with Crippen molar-refractivity contribution in [3.63, 3.8) is 0 Å². The molecule has 3 aromatic rings. The van der Waals surface area contributed by atoms with E-state index in [9.17, 15) is 0 Å². The lowest BCUT2D eigenvalue weighted by Gasteiger charge is -2.09. The molecule has 0 spiro atoms. The third-order valence-electron chi connectivity index (χ3n) is 4.17.